The first kappa shape index (κ1) is 15.1. The predicted molar refractivity (Wildman–Crippen MR) is 71.9 cm³/mol. The van der Waals surface area contributed by atoms with Crippen molar-refractivity contribution in [3.05, 3.63) is 35.1 Å². The molecule has 18 heavy (non-hydrogen) atoms. The molecule has 0 saturated carbocycles. The number of aryl methyl sites for hydroxylation is 1. The molecule has 102 valence electrons. The van der Waals surface area contributed by atoms with Crippen molar-refractivity contribution in [2.45, 2.75) is 26.3 Å². The molecule has 0 bridgehead atoms. The van der Waals surface area contributed by atoms with E-state index in [0.29, 0.717) is 12.1 Å². The second-order valence-corrected chi connectivity index (χ2v) is 4.56. The maximum Gasteiger partial charge on any atom is 0.126 e. The number of rotatable bonds is 7. The summed E-state index contributed by atoms with van der Waals surface area (Å²) >= 11 is 0. The zero-order valence-corrected chi connectivity index (χ0v) is 11.2. The van der Waals surface area contributed by atoms with Crippen LogP contribution in [0.3, 0.4) is 0 Å². The van der Waals surface area contributed by atoms with Crippen LogP contribution in [0.1, 0.15) is 30.5 Å². The highest BCUT2D eigenvalue weighted by atomic mass is 19.1. The summed E-state index contributed by atoms with van der Waals surface area (Å²) in [4.78, 5) is 2.13. The minimum atomic E-state index is -0.203. The summed E-state index contributed by atoms with van der Waals surface area (Å²) < 4.78 is 13.4. The van der Waals surface area contributed by atoms with Crippen molar-refractivity contribution >= 4 is 0 Å². The van der Waals surface area contributed by atoms with Crippen LogP contribution in [0.15, 0.2) is 18.2 Å². The number of aliphatic hydroxyl groups excluding tert-OH is 1. The molecule has 0 aromatic heterocycles. The van der Waals surface area contributed by atoms with Gasteiger partial charge in [-0.1, -0.05) is 19.1 Å². The minimum absolute atomic E-state index is 0.155. The molecule has 1 atom stereocenters. The summed E-state index contributed by atoms with van der Waals surface area (Å²) in [7, 11) is 0. The number of nitrogens with two attached hydrogens (primary N) is 1. The molecule has 0 aliphatic heterocycles. The molecule has 0 amide bonds. The van der Waals surface area contributed by atoms with Crippen molar-refractivity contribution < 1.29 is 9.50 Å². The van der Waals surface area contributed by atoms with Gasteiger partial charge >= 0.3 is 0 Å². The van der Waals surface area contributed by atoms with Gasteiger partial charge in [0.25, 0.3) is 0 Å². The Hall–Kier alpha value is -0.970. The van der Waals surface area contributed by atoms with Crippen LogP contribution in [-0.4, -0.2) is 36.2 Å². The fraction of sp³-hybridized carbons (Fsp3) is 0.571. The van der Waals surface area contributed by atoms with E-state index in [0.717, 1.165) is 25.1 Å². The molecule has 1 aromatic rings. The lowest BCUT2D eigenvalue weighted by Crippen LogP contribution is -2.29. The van der Waals surface area contributed by atoms with Gasteiger partial charge in [0, 0.05) is 19.1 Å². The van der Waals surface area contributed by atoms with Crippen LogP contribution in [-0.2, 0) is 0 Å². The largest absolute Gasteiger partial charge is 0.395 e. The summed E-state index contributed by atoms with van der Waals surface area (Å²) in [5, 5.41) is 8.89. The topological polar surface area (TPSA) is 49.5 Å². The van der Waals surface area contributed by atoms with Crippen molar-refractivity contribution in [2.75, 3.05) is 26.2 Å². The van der Waals surface area contributed by atoms with E-state index in [9.17, 15) is 4.39 Å². The average Bonchev–Trinajstić information content (AvgIpc) is 2.37. The maximum absolute atomic E-state index is 13.4. The molecule has 0 heterocycles. The van der Waals surface area contributed by atoms with Crippen LogP contribution in [0.2, 0.25) is 0 Å². The van der Waals surface area contributed by atoms with Gasteiger partial charge in [0.1, 0.15) is 5.82 Å². The SMILES string of the molecule is CCN(CCO)CCC(N)c1ccc(C)c(F)c1. The Morgan fingerprint density at radius 2 is 2.11 bits per heavy atom. The van der Waals surface area contributed by atoms with Gasteiger partial charge in [-0.15, -0.1) is 0 Å². The number of benzene rings is 1. The standard InChI is InChI=1S/C14H23FN2O/c1-3-17(8-9-18)7-6-14(16)12-5-4-11(2)13(15)10-12/h4-5,10,14,18H,3,6-9,16H2,1-2H3. The highest BCUT2D eigenvalue weighted by molar-refractivity contribution is 5.25. The van der Waals surface area contributed by atoms with Gasteiger partial charge in [-0.2, -0.15) is 0 Å². The molecule has 3 nitrogen and oxygen atoms in total. The Morgan fingerprint density at radius 3 is 2.67 bits per heavy atom. The van der Waals surface area contributed by atoms with Crippen molar-refractivity contribution in [3.8, 4) is 0 Å². The van der Waals surface area contributed by atoms with Crippen molar-refractivity contribution in [3.63, 3.8) is 0 Å². The minimum Gasteiger partial charge on any atom is -0.395 e. The Bertz CT molecular complexity index is 371. The maximum atomic E-state index is 13.4. The Balaban J connectivity index is 2.53. The smallest absolute Gasteiger partial charge is 0.126 e. The van der Waals surface area contributed by atoms with Gasteiger partial charge in [-0.05, 0) is 37.1 Å². The highest BCUT2D eigenvalue weighted by Crippen LogP contribution is 2.17. The summed E-state index contributed by atoms with van der Waals surface area (Å²) in [6.07, 6.45) is 0.760. The molecule has 0 saturated heterocycles. The molecule has 0 aliphatic rings. The van der Waals surface area contributed by atoms with E-state index in [-0.39, 0.29) is 18.5 Å². The van der Waals surface area contributed by atoms with Gasteiger partial charge in [0.2, 0.25) is 0 Å². The zero-order valence-electron chi connectivity index (χ0n) is 11.2. The summed E-state index contributed by atoms with van der Waals surface area (Å²) in [5.74, 6) is -0.203. The van der Waals surface area contributed by atoms with Crippen LogP contribution in [0, 0.1) is 12.7 Å². The third kappa shape index (κ3) is 4.37. The van der Waals surface area contributed by atoms with Crippen molar-refractivity contribution in [2.24, 2.45) is 5.73 Å². The Labute approximate surface area is 108 Å². The molecular weight excluding hydrogens is 231 g/mol. The van der Waals surface area contributed by atoms with Crippen molar-refractivity contribution in [1.82, 2.24) is 4.90 Å². The van der Waals surface area contributed by atoms with Gasteiger partial charge in [0.05, 0.1) is 6.61 Å². The lowest BCUT2D eigenvalue weighted by Gasteiger charge is -2.21. The number of halogens is 1. The van der Waals surface area contributed by atoms with E-state index in [1.807, 2.05) is 13.0 Å². The van der Waals surface area contributed by atoms with E-state index < -0.39 is 0 Å². The van der Waals surface area contributed by atoms with E-state index in [2.05, 4.69) is 4.90 Å². The molecule has 0 spiro atoms. The first-order valence-corrected chi connectivity index (χ1v) is 6.43. The van der Waals surface area contributed by atoms with E-state index >= 15 is 0 Å². The first-order chi connectivity index (χ1) is 8.58. The molecule has 1 aromatic carbocycles. The monoisotopic (exact) mass is 254 g/mol. The van der Waals surface area contributed by atoms with Gasteiger partial charge < -0.3 is 15.7 Å². The van der Waals surface area contributed by atoms with E-state index in [1.54, 1.807) is 13.0 Å². The Kier molecular flexibility index (Phi) is 6.25. The molecule has 0 radical (unpaired) electrons. The van der Waals surface area contributed by atoms with Crippen LogP contribution in [0.5, 0.6) is 0 Å². The van der Waals surface area contributed by atoms with Gasteiger partial charge in [-0.3, -0.25) is 0 Å². The molecule has 1 rings (SSSR count). The van der Waals surface area contributed by atoms with Crippen LogP contribution in [0.4, 0.5) is 4.39 Å². The van der Waals surface area contributed by atoms with Crippen LogP contribution < -0.4 is 5.73 Å². The normalized spacial score (nSPS) is 13.0. The number of hydrogen-bond donors (Lipinski definition) is 2. The second kappa shape index (κ2) is 7.46. The van der Waals surface area contributed by atoms with Crippen LogP contribution in [0.25, 0.3) is 0 Å². The first-order valence-electron chi connectivity index (χ1n) is 6.43. The van der Waals surface area contributed by atoms with Gasteiger partial charge in [0.15, 0.2) is 0 Å². The molecule has 4 heteroatoms. The van der Waals surface area contributed by atoms with Gasteiger partial charge in [-0.25, -0.2) is 4.39 Å². The van der Waals surface area contributed by atoms with Crippen molar-refractivity contribution in [1.29, 1.82) is 0 Å². The third-order valence-corrected chi connectivity index (χ3v) is 3.24. The quantitative estimate of drug-likeness (QED) is 0.780. The molecule has 3 N–H and O–H groups in total. The van der Waals surface area contributed by atoms with E-state index in [4.69, 9.17) is 10.8 Å². The molecule has 0 fully saturated rings. The highest BCUT2D eigenvalue weighted by Gasteiger charge is 2.10. The summed E-state index contributed by atoms with van der Waals surface area (Å²) in [6, 6.07) is 5.00. The summed E-state index contributed by atoms with van der Waals surface area (Å²) in [6.45, 7) is 6.30. The van der Waals surface area contributed by atoms with E-state index in [1.165, 1.54) is 6.07 Å². The molecule has 1 unspecified atom stereocenters. The molecule has 0 aliphatic carbocycles. The molecular formula is C14H23FN2O. The summed E-state index contributed by atoms with van der Waals surface area (Å²) in [5.41, 5.74) is 7.53. The fourth-order valence-electron chi connectivity index (χ4n) is 1.90. The average molecular weight is 254 g/mol. The number of hydrogen-bond acceptors (Lipinski definition) is 3. The third-order valence-electron chi connectivity index (χ3n) is 3.24. The zero-order chi connectivity index (χ0) is 13.5. The second-order valence-electron chi connectivity index (χ2n) is 4.56. The number of likely N-dealkylation sites (N-methyl/N-ethyl adjacent to an activating group) is 1. The lowest BCUT2D eigenvalue weighted by atomic mass is 10.0. The number of aliphatic hydroxyl groups is 1. The number of nitrogens with zero attached hydrogens (tertiary/aromatic N) is 1. The predicted octanol–water partition coefficient (Wildman–Crippen LogP) is 1.84. The lowest BCUT2D eigenvalue weighted by molar-refractivity contribution is 0.197. The van der Waals surface area contributed by atoms with Crippen LogP contribution >= 0.6 is 0 Å². The fourth-order valence-corrected chi connectivity index (χ4v) is 1.90. The Morgan fingerprint density at radius 1 is 1.39 bits per heavy atom.